The van der Waals surface area contributed by atoms with E-state index in [1.165, 1.54) is 13.5 Å². The van der Waals surface area contributed by atoms with E-state index in [1.807, 2.05) is 52.0 Å². The van der Waals surface area contributed by atoms with Crippen molar-refractivity contribution in [2.75, 3.05) is 25.7 Å². The molecule has 0 unspecified atom stereocenters. The number of anilines is 1. The zero-order chi connectivity index (χ0) is 20.2. The van der Waals surface area contributed by atoms with E-state index in [1.54, 1.807) is 7.11 Å². The van der Waals surface area contributed by atoms with Crippen LogP contribution in [0.4, 0.5) is 5.69 Å². The molecule has 1 aliphatic carbocycles. The molecule has 1 aromatic carbocycles. The highest BCUT2D eigenvalue weighted by molar-refractivity contribution is 7.49. The lowest BCUT2D eigenvalue weighted by atomic mass is 9.94. The third-order valence-corrected chi connectivity index (χ3v) is 5.24. The first kappa shape index (κ1) is 24.9. The quantitative estimate of drug-likeness (QED) is 0.535. The van der Waals surface area contributed by atoms with Crippen molar-refractivity contribution in [1.29, 1.82) is 0 Å². The smallest absolute Gasteiger partial charge is 0.404 e. The predicted molar refractivity (Wildman–Crippen MR) is 110 cm³/mol. The van der Waals surface area contributed by atoms with Crippen molar-refractivity contribution >= 4 is 13.4 Å². The van der Waals surface area contributed by atoms with Gasteiger partial charge in [-0.2, -0.15) is 4.67 Å². The fraction of sp³-hybridized carbons (Fsp3) is 0.684. The molecule has 7 heteroatoms. The molecule has 6 nitrogen and oxygen atoms in total. The molecule has 26 heavy (non-hydrogen) atoms. The van der Waals surface area contributed by atoms with Gasteiger partial charge in [0.2, 0.25) is 0 Å². The molecule has 0 atom stereocenters. The first-order chi connectivity index (χ1) is 12.4. The van der Waals surface area contributed by atoms with Gasteiger partial charge >= 0.3 is 7.75 Å². The van der Waals surface area contributed by atoms with Gasteiger partial charge in [-0.1, -0.05) is 47.0 Å². The summed E-state index contributed by atoms with van der Waals surface area (Å²) in [6, 6.07) is 7.96. The summed E-state index contributed by atoms with van der Waals surface area (Å²) in [4.78, 5) is 20.8. The normalized spacial score (nSPS) is 14.7. The largest absolute Gasteiger partial charge is 0.497 e. The topological polar surface area (TPSA) is 73.2 Å². The second kappa shape index (κ2) is 13.2. The fourth-order valence-corrected chi connectivity index (χ4v) is 3.18. The Morgan fingerprint density at radius 1 is 1.04 bits per heavy atom. The maximum absolute atomic E-state index is 11.5. The predicted octanol–water partition coefficient (Wildman–Crippen LogP) is 4.87. The lowest BCUT2D eigenvalue weighted by Gasteiger charge is -2.38. The van der Waals surface area contributed by atoms with Gasteiger partial charge in [-0.05, 0) is 44.2 Å². The highest BCUT2D eigenvalue weighted by Crippen LogP contribution is 2.39. The van der Waals surface area contributed by atoms with Crippen LogP contribution in [0.1, 0.15) is 59.8 Å². The van der Waals surface area contributed by atoms with E-state index < -0.39 is 7.75 Å². The lowest BCUT2D eigenvalue weighted by molar-refractivity contribution is 0.281. The van der Waals surface area contributed by atoms with Gasteiger partial charge in [0.15, 0.2) is 0 Å². The average Bonchev–Trinajstić information content (AvgIpc) is 2.69. The van der Waals surface area contributed by atoms with Crippen LogP contribution in [-0.2, 0) is 4.57 Å². The van der Waals surface area contributed by atoms with E-state index >= 15 is 0 Å². The van der Waals surface area contributed by atoms with Crippen molar-refractivity contribution in [2.24, 2.45) is 0 Å². The summed E-state index contributed by atoms with van der Waals surface area (Å²) < 4.78 is 17.7. The number of benzene rings is 1. The van der Waals surface area contributed by atoms with Crippen molar-refractivity contribution in [3.05, 3.63) is 24.3 Å². The van der Waals surface area contributed by atoms with E-state index in [0.717, 1.165) is 41.8 Å². The van der Waals surface area contributed by atoms with Crippen LogP contribution >= 0.6 is 7.75 Å². The second-order valence-corrected chi connectivity index (χ2v) is 7.48. The Bertz CT molecular complexity index is 513. The zero-order valence-corrected chi connectivity index (χ0v) is 18.1. The van der Waals surface area contributed by atoms with Gasteiger partial charge in [0.05, 0.1) is 13.8 Å². The minimum absolute atomic E-state index is 0.210. The molecule has 0 heterocycles. The number of nitrogens with zero attached hydrogens (tertiary/aromatic N) is 2. The number of rotatable bonds is 6. The van der Waals surface area contributed by atoms with E-state index in [4.69, 9.17) is 4.74 Å². The third-order valence-electron chi connectivity index (χ3n) is 4.22. The van der Waals surface area contributed by atoms with E-state index in [9.17, 15) is 14.4 Å². The Labute approximate surface area is 159 Å². The summed E-state index contributed by atoms with van der Waals surface area (Å²) in [7, 11) is -1.15. The minimum Gasteiger partial charge on any atom is -0.497 e. The summed E-state index contributed by atoms with van der Waals surface area (Å²) in [5, 5.41) is 0. The van der Waals surface area contributed by atoms with Gasteiger partial charge in [0, 0.05) is 11.7 Å². The van der Waals surface area contributed by atoms with Crippen molar-refractivity contribution in [3.8, 4) is 5.75 Å². The highest BCUT2D eigenvalue weighted by atomic mass is 31.2. The average molecular weight is 388 g/mol. The molecular weight excluding hydrogens is 351 g/mol. The lowest BCUT2D eigenvalue weighted by Crippen LogP contribution is -2.42. The Morgan fingerprint density at radius 3 is 1.96 bits per heavy atom. The van der Waals surface area contributed by atoms with Gasteiger partial charge in [-0.15, -0.1) is 0 Å². The summed E-state index contributed by atoms with van der Waals surface area (Å²) >= 11 is 0. The summed E-state index contributed by atoms with van der Waals surface area (Å²) in [6.07, 6.45) is 5.68. The first-order valence-corrected chi connectivity index (χ1v) is 11.2. The molecule has 2 N–H and O–H groups in total. The van der Waals surface area contributed by atoms with Crippen LogP contribution in [0.2, 0.25) is 0 Å². The van der Waals surface area contributed by atoms with E-state index in [0.29, 0.717) is 6.04 Å². The molecule has 2 rings (SSSR count). The van der Waals surface area contributed by atoms with Crippen LogP contribution in [0.5, 0.6) is 5.75 Å². The molecule has 0 radical (unpaired) electrons. The minimum atomic E-state index is -4.23. The molecule has 0 aliphatic heterocycles. The number of hydrogen-bond acceptors (Lipinski definition) is 3. The molecular formula is C19H37N2O4P. The summed E-state index contributed by atoms with van der Waals surface area (Å²) in [5.74, 6) is 0.774. The van der Waals surface area contributed by atoms with Crippen LogP contribution in [0.3, 0.4) is 0 Å². The number of methoxy groups -OCH3 is 1. The Morgan fingerprint density at radius 2 is 1.54 bits per heavy atom. The van der Waals surface area contributed by atoms with Gasteiger partial charge in [0.1, 0.15) is 5.75 Å². The van der Waals surface area contributed by atoms with Gasteiger partial charge < -0.3 is 19.4 Å². The monoisotopic (exact) mass is 388 g/mol. The Kier molecular flexibility index (Phi) is 12.6. The fourth-order valence-electron chi connectivity index (χ4n) is 2.88. The maximum atomic E-state index is 11.5. The molecule has 0 amide bonds. The second-order valence-electron chi connectivity index (χ2n) is 5.77. The Hall–Kier alpha value is -1.07. The van der Waals surface area contributed by atoms with Crippen molar-refractivity contribution in [3.63, 3.8) is 0 Å². The van der Waals surface area contributed by atoms with Gasteiger partial charge in [0.25, 0.3) is 0 Å². The highest BCUT2D eigenvalue weighted by Gasteiger charge is 2.28. The molecule has 1 aliphatic rings. The SMILES string of the molecule is CC.CC.COc1ccc(N(CN(C)P(=O)(O)O)C2CCCCC2)cc1. The van der Waals surface area contributed by atoms with Crippen LogP contribution in [0.25, 0.3) is 0 Å². The summed E-state index contributed by atoms with van der Waals surface area (Å²) in [5.41, 5.74) is 0.966. The standard InChI is InChI=1S/C15H25N2O4P.2C2H6/c1-16(22(18,19)20)12-17(13-6-4-3-5-7-13)14-8-10-15(21-2)11-9-14;2*1-2/h8-11,13H,3-7,12H2,1-2H3,(H2,18,19,20);2*1-2H3. The molecule has 1 fully saturated rings. The van der Waals surface area contributed by atoms with Crippen LogP contribution in [-0.4, -0.2) is 41.3 Å². The van der Waals surface area contributed by atoms with Crippen LogP contribution in [0, 0.1) is 0 Å². The number of ether oxygens (including phenoxy) is 1. The molecule has 0 spiro atoms. The molecule has 0 aromatic heterocycles. The molecule has 1 saturated carbocycles. The van der Waals surface area contributed by atoms with Gasteiger partial charge in [-0.25, -0.2) is 4.57 Å². The van der Waals surface area contributed by atoms with Crippen molar-refractivity contribution < 1.29 is 19.1 Å². The van der Waals surface area contributed by atoms with E-state index in [-0.39, 0.29) is 6.67 Å². The van der Waals surface area contributed by atoms with Crippen LogP contribution < -0.4 is 9.64 Å². The van der Waals surface area contributed by atoms with Gasteiger partial charge in [-0.3, -0.25) is 0 Å². The Balaban J connectivity index is 0.00000146. The van der Waals surface area contributed by atoms with Crippen LogP contribution in [0.15, 0.2) is 24.3 Å². The molecule has 152 valence electrons. The maximum Gasteiger partial charge on any atom is 0.404 e. The zero-order valence-electron chi connectivity index (χ0n) is 17.2. The number of hydrogen-bond donors (Lipinski definition) is 2. The molecule has 0 saturated heterocycles. The van der Waals surface area contributed by atoms with E-state index in [2.05, 4.69) is 4.90 Å². The van der Waals surface area contributed by atoms with Crippen molar-refractivity contribution in [1.82, 2.24) is 4.67 Å². The first-order valence-electron chi connectivity index (χ1n) is 9.59. The third kappa shape index (κ3) is 8.09. The molecule has 1 aromatic rings. The summed E-state index contributed by atoms with van der Waals surface area (Å²) in [6.45, 7) is 8.21. The van der Waals surface area contributed by atoms with Crippen molar-refractivity contribution in [2.45, 2.75) is 65.8 Å². The molecule has 0 bridgehead atoms.